The molecule has 0 unspecified atom stereocenters. The summed E-state index contributed by atoms with van der Waals surface area (Å²) in [4.78, 5) is 11.2. The van der Waals surface area contributed by atoms with Gasteiger partial charge >= 0.3 is 5.97 Å². The number of rotatable bonds is 3. The Morgan fingerprint density at radius 3 is 2.56 bits per heavy atom. The Labute approximate surface area is 105 Å². The van der Waals surface area contributed by atoms with Crippen LogP contribution in [-0.2, 0) is 9.53 Å². The molecule has 0 aromatic heterocycles. The molecule has 16 heavy (non-hydrogen) atoms. The number of esters is 1. The predicted octanol–water partition coefficient (Wildman–Crippen LogP) is 3.96. The third kappa shape index (κ3) is 4.25. The van der Waals surface area contributed by atoms with E-state index < -0.39 is 0 Å². The molecule has 1 aromatic rings. The van der Waals surface area contributed by atoms with Crippen molar-refractivity contribution in [2.45, 2.75) is 20.0 Å². The van der Waals surface area contributed by atoms with E-state index in [1.807, 2.05) is 0 Å². The second kappa shape index (κ2) is 5.92. The average molecular weight is 259 g/mol. The van der Waals surface area contributed by atoms with Gasteiger partial charge in [0.05, 0.1) is 16.1 Å². The maximum absolute atomic E-state index is 11.2. The van der Waals surface area contributed by atoms with E-state index in [1.54, 1.807) is 38.1 Å². The van der Waals surface area contributed by atoms with E-state index in [9.17, 15) is 4.79 Å². The first-order valence-corrected chi connectivity index (χ1v) is 5.58. The predicted molar refractivity (Wildman–Crippen MR) is 66.7 cm³/mol. The Hall–Kier alpha value is -0.990. The van der Waals surface area contributed by atoms with Gasteiger partial charge in [0.25, 0.3) is 0 Å². The van der Waals surface area contributed by atoms with Crippen LogP contribution >= 0.6 is 23.2 Å². The fraction of sp³-hybridized carbons (Fsp3) is 0.250. The van der Waals surface area contributed by atoms with Crippen molar-refractivity contribution in [1.82, 2.24) is 0 Å². The highest BCUT2D eigenvalue weighted by Crippen LogP contribution is 2.23. The van der Waals surface area contributed by atoms with E-state index in [0.717, 1.165) is 5.56 Å². The van der Waals surface area contributed by atoms with Gasteiger partial charge < -0.3 is 4.74 Å². The lowest BCUT2D eigenvalue weighted by molar-refractivity contribution is -0.141. The molecule has 0 bridgehead atoms. The van der Waals surface area contributed by atoms with Crippen LogP contribution in [0.3, 0.4) is 0 Å². The molecule has 0 aliphatic heterocycles. The number of hydrogen-bond acceptors (Lipinski definition) is 2. The first-order chi connectivity index (χ1) is 7.49. The molecule has 4 heteroatoms. The summed E-state index contributed by atoms with van der Waals surface area (Å²) in [7, 11) is 0. The van der Waals surface area contributed by atoms with Crippen LogP contribution in [0.4, 0.5) is 0 Å². The zero-order valence-electron chi connectivity index (χ0n) is 9.04. The molecular formula is C12H12Cl2O2. The lowest BCUT2D eigenvalue weighted by Crippen LogP contribution is -2.08. The summed E-state index contributed by atoms with van der Waals surface area (Å²) in [6.07, 6.45) is 2.87. The Bertz CT molecular complexity index is 411. The summed E-state index contributed by atoms with van der Waals surface area (Å²) >= 11 is 11.6. The normalized spacial score (nSPS) is 11.1. The van der Waals surface area contributed by atoms with E-state index in [0.29, 0.717) is 10.0 Å². The molecule has 0 spiro atoms. The van der Waals surface area contributed by atoms with Crippen molar-refractivity contribution in [3.8, 4) is 0 Å². The molecule has 0 amide bonds. The molecule has 0 saturated carbocycles. The maximum atomic E-state index is 11.2. The Morgan fingerprint density at radius 1 is 1.31 bits per heavy atom. The molecule has 86 valence electrons. The molecule has 0 heterocycles. The molecule has 0 saturated heterocycles. The number of carbonyl (C=O) groups excluding carboxylic acids is 1. The molecule has 0 N–H and O–H groups in total. The number of halogens is 2. The number of ether oxygens (including phenoxy) is 1. The molecule has 1 aromatic carbocycles. The highest BCUT2D eigenvalue weighted by molar-refractivity contribution is 6.42. The van der Waals surface area contributed by atoms with E-state index in [4.69, 9.17) is 27.9 Å². The Balaban J connectivity index is 2.69. The van der Waals surface area contributed by atoms with E-state index in [2.05, 4.69) is 0 Å². The van der Waals surface area contributed by atoms with Gasteiger partial charge in [-0.25, -0.2) is 4.79 Å². The second-order valence-electron chi connectivity index (χ2n) is 3.49. The van der Waals surface area contributed by atoms with Crippen LogP contribution in [0, 0.1) is 0 Å². The van der Waals surface area contributed by atoms with Gasteiger partial charge in [0.15, 0.2) is 0 Å². The van der Waals surface area contributed by atoms with Crippen molar-refractivity contribution in [3.05, 3.63) is 39.9 Å². The highest BCUT2D eigenvalue weighted by atomic mass is 35.5. The lowest BCUT2D eigenvalue weighted by Gasteiger charge is -2.04. The van der Waals surface area contributed by atoms with Crippen LogP contribution in [0.15, 0.2) is 24.3 Å². The van der Waals surface area contributed by atoms with Gasteiger partial charge in [0, 0.05) is 6.08 Å². The SMILES string of the molecule is CC(C)OC(=O)/C=C\c1ccc(Cl)c(Cl)c1. The second-order valence-corrected chi connectivity index (χ2v) is 4.31. The molecule has 0 fully saturated rings. The topological polar surface area (TPSA) is 26.3 Å². The van der Waals surface area contributed by atoms with Crippen molar-refractivity contribution in [2.24, 2.45) is 0 Å². The van der Waals surface area contributed by atoms with Crippen LogP contribution in [0.5, 0.6) is 0 Å². The molecule has 0 radical (unpaired) electrons. The van der Waals surface area contributed by atoms with Gasteiger partial charge in [0.2, 0.25) is 0 Å². The monoisotopic (exact) mass is 258 g/mol. The first kappa shape index (κ1) is 13.1. The van der Waals surface area contributed by atoms with Crippen LogP contribution in [0.2, 0.25) is 10.0 Å². The van der Waals surface area contributed by atoms with Crippen molar-refractivity contribution in [2.75, 3.05) is 0 Å². The van der Waals surface area contributed by atoms with Gasteiger partial charge in [0.1, 0.15) is 0 Å². The first-order valence-electron chi connectivity index (χ1n) is 4.83. The minimum Gasteiger partial charge on any atom is -0.460 e. The molecular weight excluding hydrogens is 247 g/mol. The van der Waals surface area contributed by atoms with Crippen molar-refractivity contribution >= 4 is 35.2 Å². The summed E-state index contributed by atoms with van der Waals surface area (Å²) in [5.41, 5.74) is 0.801. The van der Waals surface area contributed by atoms with E-state index in [-0.39, 0.29) is 12.1 Å². The fourth-order valence-corrected chi connectivity index (χ4v) is 1.36. The third-order valence-corrected chi connectivity index (χ3v) is 2.45. The van der Waals surface area contributed by atoms with Crippen LogP contribution < -0.4 is 0 Å². The van der Waals surface area contributed by atoms with Crippen molar-refractivity contribution in [3.63, 3.8) is 0 Å². The maximum Gasteiger partial charge on any atom is 0.331 e. The number of benzene rings is 1. The average Bonchev–Trinajstić information content (AvgIpc) is 2.19. The lowest BCUT2D eigenvalue weighted by atomic mass is 10.2. The molecule has 0 aliphatic carbocycles. The van der Waals surface area contributed by atoms with E-state index >= 15 is 0 Å². The summed E-state index contributed by atoms with van der Waals surface area (Å²) in [6.45, 7) is 3.59. The zero-order valence-corrected chi connectivity index (χ0v) is 10.5. The molecule has 1 rings (SSSR count). The Kier molecular flexibility index (Phi) is 4.84. The minimum absolute atomic E-state index is 0.119. The Morgan fingerprint density at radius 2 is 2.00 bits per heavy atom. The smallest absolute Gasteiger partial charge is 0.331 e. The van der Waals surface area contributed by atoms with Crippen LogP contribution in [0.1, 0.15) is 19.4 Å². The number of carbonyl (C=O) groups is 1. The molecule has 0 atom stereocenters. The van der Waals surface area contributed by atoms with Crippen molar-refractivity contribution < 1.29 is 9.53 Å². The van der Waals surface area contributed by atoms with Crippen molar-refractivity contribution in [1.29, 1.82) is 0 Å². The molecule has 2 nitrogen and oxygen atoms in total. The van der Waals surface area contributed by atoms with Gasteiger partial charge in [-0.2, -0.15) is 0 Å². The van der Waals surface area contributed by atoms with Gasteiger partial charge in [-0.05, 0) is 37.6 Å². The fourth-order valence-electron chi connectivity index (χ4n) is 1.05. The summed E-state index contributed by atoms with van der Waals surface area (Å²) in [5, 5.41) is 0.949. The van der Waals surface area contributed by atoms with Gasteiger partial charge in [-0.15, -0.1) is 0 Å². The quantitative estimate of drug-likeness (QED) is 0.606. The summed E-state index contributed by atoms with van der Waals surface area (Å²) in [6, 6.07) is 5.13. The standard InChI is InChI=1S/C12H12Cl2O2/c1-8(2)16-12(15)6-4-9-3-5-10(13)11(14)7-9/h3-8H,1-2H3/b6-4-. The zero-order chi connectivity index (χ0) is 12.1. The molecule has 0 aliphatic rings. The summed E-state index contributed by atoms with van der Waals surface area (Å²) < 4.78 is 4.94. The van der Waals surface area contributed by atoms with E-state index in [1.165, 1.54) is 6.08 Å². The van der Waals surface area contributed by atoms with Crippen LogP contribution in [-0.4, -0.2) is 12.1 Å². The highest BCUT2D eigenvalue weighted by Gasteiger charge is 2.01. The van der Waals surface area contributed by atoms with Gasteiger partial charge in [-0.3, -0.25) is 0 Å². The van der Waals surface area contributed by atoms with Crippen LogP contribution in [0.25, 0.3) is 6.08 Å². The third-order valence-electron chi connectivity index (χ3n) is 1.71. The van der Waals surface area contributed by atoms with Gasteiger partial charge in [-0.1, -0.05) is 29.3 Å². The number of hydrogen-bond donors (Lipinski definition) is 0. The summed E-state index contributed by atoms with van der Waals surface area (Å²) in [5.74, 6) is -0.374. The largest absolute Gasteiger partial charge is 0.460 e. The minimum atomic E-state index is -0.374.